The number of Topliss-reactive ketones (excluding diaryl/α,β-unsaturated/α-hetero) is 1. The van der Waals surface area contributed by atoms with E-state index in [4.69, 9.17) is 9.73 Å². The molecule has 2 atom stereocenters. The molecule has 2 aliphatic rings. The average Bonchev–Trinajstić information content (AvgIpc) is 3.24. The Balaban J connectivity index is 1.52. The van der Waals surface area contributed by atoms with Crippen LogP contribution in [0, 0.1) is 17.2 Å². The highest BCUT2D eigenvalue weighted by atomic mass is 19.1. The zero-order chi connectivity index (χ0) is 27.2. The van der Waals surface area contributed by atoms with Crippen molar-refractivity contribution in [2.75, 3.05) is 0 Å². The molecule has 2 unspecified atom stereocenters. The first-order valence-electron chi connectivity index (χ1n) is 12.7. The Morgan fingerprint density at radius 2 is 1.95 bits per heavy atom. The van der Waals surface area contributed by atoms with E-state index in [0.717, 1.165) is 16.8 Å². The van der Waals surface area contributed by atoms with Crippen LogP contribution >= 0.6 is 0 Å². The van der Waals surface area contributed by atoms with Crippen LogP contribution in [-0.4, -0.2) is 38.2 Å². The lowest BCUT2D eigenvalue weighted by atomic mass is 9.65. The molecule has 1 aliphatic heterocycles. The Kier molecular flexibility index (Phi) is 6.37. The van der Waals surface area contributed by atoms with Crippen LogP contribution in [0.1, 0.15) is 75.1 Å². The first-order valence-corrected chi connectivity index (χ1v) is 12.7. The summed E-state index contributed by atoms with van der Waals surface area (Å²) in [4.78, 5) is 35.8. The monoisotopic (exact) mass is 514 g/mol. The summed E-state index contributed by atoms with van der Waals surface area (Å²) in [5.74, 6) is -1.29. The molecule has 5 rings (SSSR count). The lowest BCUT2D eigenvalue weighted by Crippen LogP contribution is -2.42. The summed E-state index contributed by atoms with van der Waals surface area (Å²) < 4.78 is 19.3. The zero-order valence-corrected chi connectivity index (χ0v) is 22.2. The van der Waals surface area contributed by atoms with E-state index in [-0.39, 0.29) is 22.7 Å². The molecule has 0 amide bonds. The van der Waals surface area contributed by atoms with E-state index in [1.807, 2.05) is 30.4 Å². The fourth-order valence-electron chi connectivity index (χ4n) is 5.23. The molecular weight excluding hydrogens is 483 g/mol. The number of allylic oxidation sites excluding steroid dienone is 1. The number of pyridine rings is 1. The third-order valence-electron chi connectivity index (χ3n) is 6.77. The van der Waals surface area contributed by atoms with Crippen molar-refractivity contribution >= 4 is 29.4 Å². The highest BCUT2D eigenvalue weighted by Gasteiger charge is 2.46. The van der Waals surface area contributed by atoms with Crippen molar-refractivity contribution in [3.05, 3.63) is 71.4 Å². The molecule has 8 heteroatoms. The Hall–Kier alpha value is -3.94. The summed E-state index contributed by atoms with van der Waals surface area (Å²) >= 11 is 0. The minimum absolute atomic E-state index is 0.0889. The summed E-state index contributed by atoms with van der Waals surface area (Å²) in [6.07, 6.45) is 6.53. The standard InChI is InChI=1S/C30H31FN4O3/c1-29(2,3)38-28(37)26-25-21(24-22(33-27(25)35-34-26)14-30(4,5)15-23(24)36)12-11-20-10-9-18(16-32-20)17-7-6-8-19(31)13-17/h6-13,16,21,24H,14-15H2,1-5H3,(H,34,35)/b12-11+. The van der Waals surface area contributed by atoms with Gasteiger partial charge in [0.05, 0.1) is 11.6 Å². The van der Waals surface area contributed by atoms with Gasteiger partial charge in [0.1, 0.15) is 22.9 Å². The lowest BCUT2D eigenvalue weighted by molar-refractivity contribution is -0.124. The molecule has 1 N–H and O–H groups in total. The van der Waals surface area contributed by atoms with Gasteiger partial charge in [0.25, 0.3) is 0 Å². The summed E-state index contributed by atoms with van der Waals surface area (Å²) in [7, 11) is 0. The molecule has 0 saturated heterocycles. The number of ketones is 1. The molecule has 3 aromatic rings. The highest BCUT2D eigenvalue weighted by molar-refractivity contribution is 6.11. The van der Waals surface area contributed by atoms with E-state index in [2.05, 4.69) is 29.0 Å². The molecule has 196 valence electrons. The maximum atomic E-state index is 13.6. The number of carbonyl (C=O) groups is 2. The summed E-state index contributed by atoms with van der Waals surface area (Å²) in [5.41, 5.74) is 2.86. The van der Waals surface area contributed by atoms with Crippen LogP contribution in [0.2, 0.25) is 0 Å². The predicted molar refractivity (Wildman–Crippen MR) is 144 cm³/mol. The van der Waals surface area contributed by atoms with Crippen molar-refractivity contribution < 1.29 is 18.7 Å². The predicted octanol–water partition coefficient (Wildman–Crippen LogP) is 6.45. The number of benzene rings is 1. The molecule has 0 spiro atoms. The molecule has 0 bridgehead atoms. The quantitative estimate of drug-likeness (QED) is 0.403. The molecule has 1 saturated carbocycles. The van der Waals surface area contributed by atoms with Crippen molar-refractivity contribution in [2.45, 2.75) is 59.0 Å². The van der Waals surface area contributed by atoms with Gasteiger partial charge in [-0.1, -0.05) is 38.1 Å². The minimum Gasteiger partial charge on any atom is -0.455 e. The molecule has 1 aliphatic carbocycles. The van der Waals surface area contributed by atoms with Crippen molar-refractivity contribution in [1.29, 1.82) is 0 Å². The number of ether oxygens (including phenoxy) is 1. The number of nitrogens with one attached hydrogen (secondary N) is 1. The Labute approximate surface area is 221 Å². The van der Waals surface area contributed by atoms with Crippen LogP contribution in [0.3, 0.4) is 0 Å². The molecule has 1 fully saturated rings. The smallest absolute Gasteiger partial charge is 0.357 e. The van der Waals surface area contributed by atoms with Crippen LogP contribution < -0.4 is 0 Å². The normalized spacial score (nSPS) is 20.6. The second kappa shape index (κ2) is 9.42. The SMILES string of the molecule is CC1(C)CC(=O)C2C(=Nc3n[nH]c(C(=O)OC(C)(C)C)c3C2/C=C/c2ccc(-c3cccc(F)c3)cn2)C1. The number of carbonyl (C=O) groups excluding carboxylic acids is 2. The van der Waals surface area contributed by atoms with E-state index < -0.39 is 23.4 Å². The van der Waals surface area contributed by atoms with Crippen molar-refractivity contribution in [3.63, 3.8) is 0 Å². The number of aliphatic imine (C=N–C) groups is 1. The van der Waals surface area contributed by atoms with Gasteiger partial charge >= 0.3 is 5.97 Å². The van der Waals surface area contributed by atoms with E-state index >= 15 is 0 Å². The number of hydrogen-bond acceptors (Lipinski definition) is 6. The van der Waals surface area contributed by atoms with Gasteiger partial charge in [-0.05, 0) is 62.4 Å². The summed E-state index contributed by atoms with van der Waals surface area (Å²) in [6, 6.07) is 10.1. The van der Waals surface area contributed by atoms with Crippen LogP contribution in [0.25, 0.3) is 17.2 Å². The largest absolute Gasteiger partial charge is 0.455 e. The van der Waals surface area contributed by atoms with Gasteiger partial charge < -0.3 is 4.74 Å². The van der Waals surface area contributed by atoms with Crippen molar-refractivity contribution in [1.82, 2.24) is 15.2 Å². The van der Waals surface area contributed by atoms with Gasteiger partial charge in [-0.2, -0.15) is 5.10 Å². The van der Waals surface area contributed by atoms with Crippen LogP contribution in [0.15, 0.2) is 53.7 Å². The lowest BCUT2D eigenvalue weighted by Gasteiger charge is -2.39. The van der Waals surface area contributed by atoms with Gasteiger partial charge in [-0.3, -0.25) is 14.9 Å². The molecule has 7 nitrogen and oxygen atoms in total. The van der Waals surface area contributed by atoms with E-state index in [1.54, 1.807) is 33.0 Å². The Morgan fingerprint density at radius 1 is 1.16 bits per heavy atom. The first kappa shape index (κ1) is 25.7. The number of aromatic amines is 1. The van der Waals surface area contributed by atoms with Crippen LogP contribution in [-0.2, 0) is 9.53 Å². The highest BCUT2D eigenvalue weighted by Crippen LogP contribution is 2.47. The van der Waals surface area contributed by atoms with E-state index in [9.17, 15) is 14.0 Å². The topological polar surface area (TPSA) is 97.3 Å². The van der Waals surface area contributed by atoms with Gasteiger partial charge in [0.2, 0.25) is 0 Å². The second-order valence-electron chi connectivity index (χ2n) is 11.8. The summed E-state index contributed by atoms with van der Waals surface area (Å²) in [6.45, 7) is 9.52. The number of hydrogen-bond donors (Lipinski definition) is 1. The number of rotatable bonds is 4. The molecule has 0 radical (unpaired) electrons. The van der Waals surface area contributed by atoms with E-state index in [1.165, 1.54) is 12.1 Å². The second-order valence-corrected chi connectivity index (χ2v) is 11.8. The van der Waals surface area contributed by atoms with Gasteiger partial charge in [0, 0.05) is 35.4 Å². The first-order chi connectivity index (χ1) is 17.9. The van der Waals surface area contributed by atoms with Gasteiger partial charge in [-0.25, -0.2) is 14.2 Å². The van der Waals surface area contributed by atoms with Crippen LogP contribution in [0.5, 0.6) is 0 Å². The number of nitrogens with zero attached hydrogens (tertiary/aromatic N) is 3. The van der Waals surface area contributed by atoms with E-state index in [0.29, 0.717) is 29.9 Å². The fraction of sp³-hybridized carbons (Fsp3) is 0.367. The Bertz CT molecular complexity index is 1460. The van der Waals surface area contributed by atoms with Crippen molar-refractivity contribution in [2.24, 2.45) is 16.3 Å². The fourth-order valence-corrected chi connectivity index (χ4v) is 5.23. The Morgan fingerprint density at radius 3 is 2.63 bits per heavy atom. The van der Waals surface area contributed by atoms with Gasteiger partial charge in [0.15, 0.2) is 5.82 Å². The third kappa shape index (κ3) is 5.21. The maximum Gasteiger partial charge on any atom is 0.357 e. The summed E-state index contributed by atoms with van der Waals surface area (Å²) in [5, 5.41) is 7.14. The maximum absolute atomic E-state index is 13.6. The third-order valence-corrected chi connectivity index (χ3v) is 6.77. The van der Waals surface area contributed by atoms with Gasteiger partial charge in [-0.15, -0.1) is 0 Å². The molecular formula is C30H31FN4O3. The van der Waals surface area contributed by atoms with Crippen LogP contribution in [0.4, 0.5) is 10.2 Å². The number of fused-ring (bicyclic) bond motifs is 2. The number of esters is 1. The van der Waals surface area contributed by atoms with Crippen molar-refractivity contribution in [3.8, 4) is 11.1 Å². The zero-order valence-electron chi connectivity index (χ0n) is 22.2. The molecule has 3 heterocycles. The number of aromatic nitrogens is 3. The molecule has 38 heavy (non-hydrogen) atoms. The molecule has 1 aromatic carbocycles. The minimum atomic E-state index is -0.693. The number of H-pyrrole nitrogens is 1. The number of halogens is 1. The average molecular weight is 515 g/mol. The molecule has 2 aromatic heterocycles.